The van der Waals surface area contributed by atoms with Crippen LogP contribution in [0.25, 0.3) is 0 Å². The van der Waals surface area contributed by atoms with E-state index in [0.29, 0.717) is 12.2 Å². The van der Waals surface area contributed by atoms with Gasteiger partial charge in [0.25, 0.3) is 14.9 Å². The molecule has 0 atom stereocenters. The quantitative estimate of drug-likeness (QED) is 0.779. The van der Waals surface area contributed by atoms with Crippen LogP contribution in [0.5, 0.6) is 5.75 Å². The van der Waals surface area contributed by atoms with E-state index in [1.807, 2.05) is 6.92 Å². The predicted molar refractivity (Wildman–Crippen MR) is 67.4 cm³/mol. The molecule has 1 heterocycles. The Hall–Kier alpha value is -1.74. The number of hydrogen-bond acceptors (Lipinski definition) is 6. The molecule has 0 N–H and O–H groups in total. The van der Waals surface area contributed by atoms with E-state index in [1.54, 1.807) is 0 Å². The van der Waals surface area contributed by atoms with Crippen LogP contribution in [0.2, 0.25) is 0 Å². The van der Waals surface area contributed by atoms with Gasteiger partial charge in [0.1, 0.15) is 4.90 Å². The minimum atomic E-state index is -4.38. The van der Waals surface area contributed by atoms with Crippen LogP contribution in [0.15, 0.2) is 21.6 Å². The van der Waals surface area contributed by atoms with E-state index in [-0.39, 0.29) is 12.5 Å². The summed E-state index contributed by atoms with van der Waals surface area (Å²) in [5.41, 5.74) is 0. The van der Waals surface area contributed by atoms with Crippen molar-refractivity contribution in [1.29, 1.82) is 0 Å². The molecule has 2 rings (SSSR count). The molecule has 0 aliphatic carbocycles. The Kier molecular flexibility index (Phi) is 4.43. The van der Waals surface area contributed by atoms with Crippen LogP contribution in [0.1, 0.15) is 18.6 Å². The van der Waals surface area contributed by atoms with Crippen molar-refractivity contribution in [2.24, 2.45) is 0 Å². The third-order valence-corrected chi connectivity index (χ3v) is 3.79. The lowest BCUT2D eigenvalue weighted by Gasteiger charge is -2.07. The maximum atomic E-state index is 13.7. The lowest BCUT2D eigenvalue weighted by atomic mass is 10.3. The van der Waals surface area contributed by atoms with Crippen LogP contribution in [-0.2, 0) is 22.1 Å². The second kappa shape index (κ2) is 5.94. The molecule has 0 aliphatic heterocycles. The highest BCUT2D eigenvalue weighted by atomic mass is 35.7. The van der Waals surface area contributed by atoms with Crippen molar-refractivity contribution < 1.29 is 26.5 Å². The molecule has 10 heteroatoms. The van der Waals surface area contributed by atoms with Gasteiger partial charge in [0, 0.05) is 17.1 Å². The van der Waals surface area contributed by atoms with E-state index in [4.69, 9.17) is 19.9 Å². The summed E-state index contributed by atoms with van der Waals surface area (Å²) in [6.07, 6.45) is 0.550. The summed E-state index contributed by atoms with van der Waals surface area (Å²) >= 11 is 0. The van der Waals surface area contributed by atoms with Crippen molar-refractivity contribution in [3.8, 4) is 5.75 Å². The standard InChI is InChI=1S/C11H9ClF2N2O4S/c1-2-8-15-9(20-16-8)5-19-6-3-4-7(21(12,17)18)11(14)10(6)13/h3-4H,2,5H2,1H3. The Morgan fingerprint density at radius 2 is 2.05 bits per heavy atom. The number of aromatic nitrogens is 2. The summed E-state index contributed by atoms with van der Waals surface area (Å²) in [5.74, 6) is -3.04. The highest BCUT2D eigenvalue weighted by Gasteiger charge is 2.22. The average Bonchev–Trinajstić information content (AvgIpc) is 2.87. The van der Waals surface area contributed by atoms with Gasteiger partial charge in [0.2, 0.25) is 5.82 Å². The molecule has 0 spiro atoms. The first kappa shape index (κ1) is 15.6. The van der Waals surface area contributed by atoms with Crippen LogP contribution < -0.4 is 4.74 Å². The van der Waals surface area contributed by atoms with E-state index in [2.05, 4.69) is 10.1 Å². The van der Waals surface area contributed by atoms with Gasteiger partial charge in [-0.05, 0) is 12.1 Å². The van der Waals surface area contributed by atoms with E-state index >= 15 is 0 Å². The molecule has 0 amide bonds. The van der Waals surface area contributed by atoms with Gasteiger partial charge >= 0.3 is 0 Å². The Morgan fingerprint density at radius 3 is 2.62 bits per heavy atom. The summed E-state index contributed by atoms with van der Waals surface area (Å²) in [7, 11) is 0.592. The summed E-state index contributed by atoms with van der Waals surface area (Å²) < 4.78 is 59.1. The van der Waals surface area contributed by atoms with E-state index < -0.39 is 31.3 Å². The van der Waals surface area contributed by atoms with Gasteiger partial charge in [-0.1, -0.05) is 12.1 Å². The third-order valence-electron chi connectivity index (χ3n) is 2.45. The normalized spacial score (nSPS) is 11.6. The summed E-state index contributed by atoms with van der Waals surface area (Å²) in [6, 6.07) is 1.76. The number of ether oxygens (including phenoxy) is 1. The molecule has 114 valence electrons. The SMILES string of the molecule is CCc1noc(COc2ccc(S(=O)(=O)Cl)c(F)c2F)n1. The van der Waals surface area contributed by atoms with Crippen molar-refractivity contribution in [1.82, 2.24) is 10.1 Å². The maximum Gasteiger partial charge on any atom is 0.264 e. The van der Waals surface area contributed by atoms with E-state index in [0.717, 1.165) is 12.1 Å². The monoisotopic (exact) mass is 338 g/mol. The van der Waals surface area contributed by atoms with Gasteiger partial charge in [-0.15, -0.1) is 0 Å². The molecule has 0 saturated heterocycles. The minimum Gasteiger partial charge on any atom is -0.481 e. The Morgan fingerprint density at radius 1 is 1.33 bits per heavy atom. The Balaban J connectivity index is 2.20. The zero-order valence-corrected chi connectivity index (χ0v) is 12.2. The zero-order chi connectivity index (χ0) is 15.6. The molecule has 0 saturated carbocycles. The zero-order valence-electron chi connectivity index (χ0n) is 10.6. The molecule has 0 radical (unpaired) electrons. The molecular formula is C11H9ClF2N2O4S. The van der Waals surface area contributed by atoms with Gasteiger partial charge in [0.05, 0.1) is 0 Å². The van der Waals surface area contributed by atoms with Gasteiger partial charge < -0.3 is 9.26 Å². The van der Waals surface area contributed by atoms with Crippen LogP contribution in [0, 0.1) is 11.6 Å². The lowest BCUT2D eigenvalue weighted by molar-refractivity contribution is 0.230. The number of nitrogens with zero attached hydrogens (tertiary/aromatic N) is 2. The number of aryl methyl sites for hydroxylation is 1. The predicted octanol–water partition coefficient (Wildman–Crippen LogP) is 2.42. The summed E-state index contributed by atoms with van der Waals surface area (Å²) in [5, 5.41) is 3.60. The first-order chi connectivity index (χ1) is 9.82. The fraction of sp³-hybridized carbons (Fsp3) is 0.273. The Bertz CT molecular complexity index is 764. The molecule has 21 heavy (non-hydrogen) atoms. The largest absolute Gasteiger partial charge is 0.481 e. The molecule has 2 aromatic rings. The van der Waals surface area contributed by atoms with Gasteiger partial charge in [-0.3, -0.25) is 0 Å². The summed E-state index contributed by atoms with van der Waals surface area (Å²) in [4.78, 5) is 2.96. The van der Waals surface area contributed by atoms with Crippen molar-refractivity contribution >= 4 is 19.7 Å². The van der Waals surface area contributed by atoms with Crippen LogP contribution >= 0.6 is 10.7 Å². The molecular weight excluding hydrogens is 330 g/mol. The first-order valence-corrected chi connectivity index (χ1v) is 8.00. The molecule has 0 aliphatic rings. The van der Waals surface area contributed by atoms with E-state index in [1.165, 1.54) is 0 Å². The van der Waals surface area contributed by atoms with Gasteiger partial charge in [0.15, 0.2) is 24.0 Å². The van der Waals surface area contributed by atoms with Crippen LogP contribution in [0.4, 0.5) is 8.78 Å². The topological polar surface area (TPSA) is 82.3 Å². The lowest BCUT2D eigenvalue weighted by Crippen LogP contribution is -2.03. The fourth-order valence-electron chi connectivity index (χ4n) is 1.45. The number of benzene rings is 1. The molecule has 0 fully saturated rings. The van der Waals surface area contributed by atoms with Gasteiger partial charge in [-0.2, -0.15) is 9.37 Å². The average molecular weight is 339 g/mol. The molecule has 0 unspecified atom stereocenters. The summed E-state index contributed by atoms with van der Waals surface area (Å²) in [6.45, 7) is 1.53. The van der Waals surface area contributed by atoms with Crippen molar-refractivity contribution in [2.45, 2.75) is 24.8 Å². The maximum absolute atomic E-state index is 13.7. The first-order valence-electron chi connectivity index (χ1n) is 5.69. The minimum absolute atomic E-state index is 0.0840. The van der Waals surface area contributed by atoms with Gasteiger partial charge in [-0.25, -0.2) is 12.8 Å². The van der Waals surface area contributed by atoms with E-state index in [9.17, 15) is 17.2 Å². The van der Waals surface area contributed by atoms with Crippen LogP contribution in [-0.4, -0.2) is 18.6 Å². The highest BCUT2D eigenvalue weighted by molar-refractivity contribution is 8.13. The number of halogens is 3. The van der Waals surface area contributed by atoms with Crippen molar-refractivity contribution in [3.63, 3.8) is 0 Å². The second-order valence-electron chi connectivity index (χ2n) is 3.87. The molecule has 1 aromatic heterocycles. The Labute approximate surface area is 123 Å². The molecule has 1 aromatic carbocycles. The number of rotatable bonds is 5. The fourth-order valence-corrected chi connectivity index (χ4v) is 2.34. The molecule has 6 nitrogen and oxygen atoms in total. The van der Waals surface area contributed by atoms with Crippen molar-refractivity contribution in [3.05, 3.63) is 35.5 Å². The third kappa shape index (κ3) is 3.48. The van der Waals surface area contributed by atoms with Crippen molar-refractivity contribution in [2.75, 3.05) is 0 Å². The smallest absolute Gasteiger partial charge is 0.264 e. The highest BCUT2D eigenvalue weighted by Crippen LogP contribution is 2.27. The number of hydrogen-bond donors (Lipinski definition) is 0. The van der Waals surface area contributed by atoms with Crippen LogP contribution in [0.3, 0.4) is 0 Å². The molecule has 0 bridgehead atoms. The second-order valence-corrected chi connectivity index (χ2v) is 6.41.